The molecule has 0 saturated carbocycles. The molecule has 182 valence electrons. The van der Waals surface area contributed by atoms with Crippen LogP contribution in [0.4, 0.5) is 17.1 Å². The zero-order valence-corrected chi connectivity index (χ0v) is 19.9. The predicted octanol–water partition coefficient (Wildman–Crippen LogP) is 1.85. The normalized spacial score (nSPS) is 14.1. The third kappa shape index (κ3) is 5.51. The fraction of sp³-hybridized carbons (Fsp3) is 0.364. The van der Waals surface area contributed by atoms with Gasteiger partial charge >= 0.3 is 5.97 Å². The fourth-order valence-electron chi connectivity index (χ4n) is 3.70. The van der Waals surface area contributed by atoms with Crippen LogP contribution in [0, 0.1) is 10.1 Å². The van der Waals surface area contributed by atoms with Gasteiger partial charge in [-0.25, -0.2) is 8.42 Å². The lowest BCUT2D eigenvalue weighted by molar-refractivity contribution is -0.384. The van der Waals surface area contributed by atoms with Crippen molar-refractivity contribution in [3.63, 3.8) is 0 Å². The van der Waals surface area contributed by atoms with Gasteiger partial charge in [0, 0.05) is 32.4 Å². The molecule has 1 heterocycles. The first-order valence-corrected chi connectivity index (χ1v) is 12.0. The number of nitro groups is 1. The first-order valence-electron chi connectivity index (χ1n) is 10.6. The maximum absolute atomic E-state index is 12.8. The largest absolute Gasteiger partial charge is 0.452 e. The standard InChI is InChI=1S/C22H26N4O7S/c1-15(22(28)25-12-6-8-16-7-4-5-9-18(16)25)33-21(27)14-23-34(31,32)17-10-11-19(24(2)3)20(13-17)26(29)30/h4-5,7,9-11,13,15,23H,6,8,12,14H2,1-3H3. The molecule has 11 nitrogen and oxygen atoms in total. The van der Waals surface area contributed by atoms with Gasteiger partial charge in [0.2, 0.25) is 10.0 Å². The zero-order valence-electron chi connectivity index (χ0n) is 19.1. The molecule has 1 N–H and O–H groups in total. The first-order chi connectivity index (χ1) is 16.0. The molecule has 0 spiro atoms. The molecule has 34 heavy (non-hydrogen) atoms. The van der Waals surface area contributed by atoms with Crippen LogP contribution < -0.4 is 14.5 Å². The zero-order chi connectivity index (χ0) is 25.0. The summed E-state index contributed by atoms with van der Waals surface area (Å²) < 4.78 is 32.4. The maximum atomic E-state index is 12.8. The second kappa shape index (κ2) is 10.2. The van der Waals surface area contributed by atoms with Crippen LogP contribution in [0.3, 0.4) is 0 Å². The van der Waals surface area contributed by atoms with Crippen molar-refractivity contribution >= 4 is 39.0 Å². The summed E-state index contributed by atoms with van der Waals surface area (Å²) >= 11 is 0. The lowest BCUT2D eigenvalue weighted by Crippen LogP contribution is -2.43. The molecule has 1 aliphatic rings. The van der Waals surface area contributed by atoms with E-state index in [1.165, 1.54) is 24.0 Å². The Bertz CT molecular complexity index is 1210. The Morgan fingerprint density at radius 3 is 2.62 bits per heavy atom. The second-order valence-corrected chi connectivity index (χ2v) is 9.75. The molecule has 0 fully saturated rings. The number of amides is 1. The molecule has 0 saturated heterocycles. The van der Waals surface area contributed by atoms with Crippen molar-refractivity contribution in [3.05, 3.63) is 58.1 Å². The molecule has 2 aromatic carbocycles. The summed E-state index contributed by atoms with van der Waals surface area (Å²) in [6, 6.07) is 10.9. The van der Waals surface area contributed by atoms with E-state index in [1.807, 2.05) is 24.3 Å². The summed E-state index contributed by atoms with van der Waals surface area (Å²) in [6.45, 7) is 1.18. The van der Waals surface area contributed by atoms with E-state index in [0.717, 1.165) is 30.2 Å². The highest BCUT2D eigenvalue weighted by Gasteiger charge is 2.29. The lowest BCUT2D eigenvalue weighted by Gasteiger charge is -2.31. The molecule has 0 aromatic heterocycles. The Kier molecular flexibility index (Phi) is 7.52. The highest BCUT2D eigenvalue weighted by atomic mass is 32.2. The number of benzene rings is 2. The Balaban J connectivity index is 1.64. The van der Waals surface area contributed by atoms with E-state index in [9.17, 15) is 28.1 Å². The molecule has 2 aromatic rings. The summed E-state index contributed by atoms with van der Waals surface area (Å²) in [5.41, 5.74) is 1.64. The molecule has 12 heteroatoms. The maximum Gasteiger partial charge on any atom is 0.321 e. The third-order valence-corrected chi connectivity index (χ3v) is 6.77. The van der Waals surface area contributed by atoms with Gasteiger partial charge in [-0.2, -0.15) is 4.72 Å². The van der Waals surface area contributed by atoms with Crippen molar-refractivity contribution in [2.24, 2.45) is 0 Å². The molecule has 1 amide bonds. The van der Waals surface area contributed by atoms with Gasteiger partial charge in [0.05, 0.1) is 9.82 Å². The van der Waals surface area contributed by atoms with Gasteiger partial charge in [0.15, 0.2) is 6.10 Å². The van der Waals surface area contributed by atoms with Gasteiger partial charge in [0.25, 0.3) is 11.6 Å². The van der Waals surface area contributed by atoms with Crippen molar-refractivity contribution in [2.45, 2.75) is 30.8 Å². The summed E-state index contributed by atoms with van der Waals surface area (Å²) in [5.74, 6) is -1.35. The average Bonchev–Trinajstić information content (AvgIpc) is 2.81. The summed E-state index contributed by atoms with van der Waals surface area (Å²) in [7, 11) is -1.05. The third-order valence-electron chi connectivity index (χ3n) is 5.37. The number of rotatable bonds is 8. The Morgan fingerprint density at radius 1 is 1.24 bits per heavy atom. The van der Waals surface area contributed by atoms with Gasteiger partial charge < -0.3 is 14.5 Å². The molecule has 0 aliphatic carbocycles. The Hall–Kier alpha value is -3.51. The molecule has 1 aliphatic heterocycles. The topological polar surface area (TPSA) is 139 Å². The summed E-state index contributed by atoms with van der Waals surface area (Å²) in [5, 5.41) is 11.3. The minimum Gasteiger partial charge on any atom is -0.452 e. The number of hydrogen-bond acceptors (Lipinski definition) is 8. The molecule has 3 rings (SSSR count). The van der Waals surface area contributed by atoms with E-state index in [-0.39, 0.29) is 10.6 Å². The number of sulfonamides is 1. The Labute approximate surface area is 197 Å². The van der Waals surface area contributed by atoms with Crippen LogP contribution in [-0.2, 0) is 30.8 Å². The van der Waals surface area contributed by atoms with Crippen LogP contribution in [0.25, 0.3) is 0 Å². The number of fused-ring (bicyclic) bond motifs is 1. The quantitative estimate of drug-likeness (QED) is 0.336. The van der Waals surface area contributed by atoms with Crippen molar-refractivity contribution in [3.8, 4) is 0 Å². The lowest BCUT2D eigenvalue weighted by atomic mass is 10.0. The summed E-state index contributed by atoms with van der Waals surface area (Å²) in [6.07, 6.45) is 0.509. The highest BCUT2D eigenvalue weighted by molar-refractivity contribution is 7.89. The van der Waals surface area contributed by atoms with E-state index in [4.69, 9.17) is 4.74 Å². The number of nitrogens with one attached hydrogen (secondary N) is 1. The molecule has 0 radical (unpaired) electrons. The number of esters is 1. The van der Waals surface area contributed by atoms with Crippen molar-refractivity contribution in [1.82, 2.24) is 4.72 Å². The number of ether oxygens (including phenoxy) is 1. The monoisotopic (exact) mass is 490 g/mol. The van der Waals surface area contributed by atoms with Gasteiger partial charge in [-0.05, 0) is 43.5 Å². The number of anilines is 2. The van der Waals surface area contributed by atoms with Crippen LogP contribution in [0.5, 0.6) is 0 Å². The average molecular weight is 491 g/mol. The van der Waals surface area contributed by atoms with Crippen molar-refractivity contribution < 1.29 is 27.7 Å². The smallest absolute Gasteiger partial charge is 0.321 e. The van der Waals surface area contributed by atoms with Gasteiger partial charge in [-0.15, -0.1) is 0 Å². The van der Waals surface area contributed by atoms with Crippen LogP contribution in [0.2, 0.25) is 0 Å². The van der Waals surface area contributed by atoms with Gasteiger partial charge in [-0.3, -0.25) is 19.7 Å². The molecule has 1 atom stereocenters. The highest BCUT2D eigenvalue weighted by Crippen LogP contribution is 2.29. The van der Waals surface area contributed by atoms with Gasteiger partial charge in [-0.1, -0.05) is 18.2 Å². The number of nitrogens with zero attached hydrogens (tertiary/aromatic N) is 3. The number of nitro benzene ring substituents is 1. The fourth-order valence-corrected chi connectivity index (χ4v) is 4.69. The van der Waals surface area contributed by atoms with Crippen LogP contribution in [-0.4, -0.2) is 58.5 Å². The van der Waals surface area contributed by atoms with E-state index < -0.39 is 45.2 Å². The minimum absolute atomic E-state index is 0.231. The summed E-state index contributed by atoms with van der Waals surface area (Å²) in [4.78, 5) is 38.4. The molecule has 1 unspecified atom stereocenters. The number of carbonyl (C=O) groups excluding carboxylic acids is 2. The first kappa shape index (κ1) is 25.1. The Morgan fingerprint density at radius 2 is 1.94 bits per heavy atom. The van der Waals surface area contributed by atoms with Crippen molar-refractivity contribution in [1.29, 1.82) is 0 Å². The predicted molar refractivity (Wildman–Crippen MR) is 125 cm³/mol. The van der Waals surface area contributed by atoms with Crippen LogP contribution in [0.15, 0.2) is 47.4 Å². The molecule has 0 bridgehead atoms. The number of carbonyl (C=O) groups is 2. The van der Waals surface area contributed by atoms with Crippen LogP contribution in [0.1, 0.15) is 18.9 Å². The van der Waals surface area contributed by atoms with E-state index >= 15 is 0 Å². The molecular formula is C22H26N4O7S. The second-order valence-electron chi connectivity index (χ2n) is 7.98. The van der Waals surface area contributed by atoms with Crippen LogP contribution >= 0.6 is 0 Å². The minimum atomic E-state index is -4.24. The van der Waals surface area contributed by atoms with E-state index in [1.54, 1.807) is 19.0 Å². The van der Waals surface area contributed by atoms with E-state index in [2.05, 4.69) is 4.72 Å². The van der Waals surface area contributed by atoms with Crippen molar-refractivity contribution in [2.75, 3.05) is 37.0 Å². The van der Waals surface area contributed by atoms with E-state index in [0.29, 0.717) is 6.54 Å². The number of aryl methyl sites for hydroxylation is 1. The molecular weight excluding hydrogens is 464 g/mol. The SMILES string of the molecule is CC(OC(=O)CNS(=O)(=O)c1ccc(N(C)C)c([N+](=O)[O-])c1)C(=O)N1CCCc2ccccc21. The number of para-hydroxylation sites is 1. The van der Waals surface area contributed by atoms with Gasteiger partial charge in [0.1, 0.15) is 12.2 Å². The number of hydrogen-bond donors (Lipinski definition) is 1.